The van der Waals surface area contributed by atoms with E-state index >= 15 is 0 Å². The predicted octanol–water partition coefficient (Wildman–Crippen LogP) is 5.64. The lowest BCUT2D eigenvalue weighted by Crippen LogP contribution is -2.36. The molecule has 154 valence electrons. The van der Waals surface area contributed by atoms with Crippen molar-refractivity contribution in [2.24, 2.45) is 0 Å². The monoisotopic (exact) mass is 400 g/mol. The van der Waals surface area contributed by atoms with Gasteiger partial charge in [0.15, 0.2) is 11.2 Å². The molecule has 1 N–H and O–H groups in total. The number of anilines is 1. The van der Waals surface area contributed by atoms with E-state index in [2.05, 4.69) is 87.0 Å². The van der Waals surface area contributed by atoms with Gasteiger partial charge in [0.2, 0.25) is 5.36 Å². The molecule has 0 saturated heterocycles. The molecule has 0 bridgehead atoms. The van der Waals surface area contributed by atoms with Crippen molar-refractivity contribution < 1.29 is 4.42 Å². The Bertz CT molecular complexity index is 1360. The van der Waals surface area contributed by atoms with E-state index in [1.165, 1.54) is 22.0 Å². The molecule has 1 aliphatic heterocycles. The molecule has 30 heavy (non-hydrogen) atoms. The lowest BCUT2D eigenvalue weighted by Gasteiger charge is -2.37. The van der Waals surface area contributed by atoms with E-state index in [1.807, 2.05) is 0 Å². The summed E-state index contributed by atoms with van der Waals surface area (Å²) < 4.78 is 8.83. The van der Waals surface area contributed by atoms with Crippen molar-refractivity contribution in [1.82, 2.24) is 9.56 Å². The first-order valence-corrected chi connectivity index (χ1v) is 11.1. The number of hydrogen-bond donors (Lipinski definition) is 1. The van der Waals surface area contributed by atoms with Crippen molar-refractivity contribution in [3.8, 4) is 0 Å². The average Bonchev–Trinajstić information content (AvgIpc) is 2.71. The molecule has 1 aromatic heterocycles. The van der Waals surface area contributed by atoms with E-state index in [1.54, 1.807) is 0 Å². The lowest BCUT2D eigenvalue weighted by atomic mass is 9.82. The fraction of sp³-hybridized carbons (Fsp3) is 0.385. The number of nitrogens with one attached hydrogen (secondary N) is 1. The number of fused-ring (bicyclic) bond motifs is 5. The lowest BCUT2D eigenvalue weighted by molar-refractivity contribution is 0.454. The fourth-order valence-corrected chi connectivity index (χ4v) is 5.06. The third-order valence-corrected chi connectivity index (χ3v) is 6.47. The predicted molar refractivity (Wildman–Crippen MR) is 126 cm³/mol. The van der Waals surface area contributed by atoms with Gasteiger partial charge in [-0.15, -0.1) is 0 Å². The van der Waals surface area contributed by atoms with Gasteiger partial charge in [-0.2, -0.15) is 0 Å². The van der Waals surface area contributed by atoms with Crippen LogP contribution in [0.25, 0.3) is 33.0 Å². The third-order valence-electron chi connectivity index (χ3n) is 6.47. The van der Waals surface area contributed by atoms with Crippen molar-refractivity contribution in [2.75, 3.05) is 18.4 Å². The van der Waals surface area contributed by atoms with Gasteiger partial charge in [-0.3, -0.25) is 0 Å². The molecule has 4 heteroatoms. The number of nitrogens with zero attached hydrogens (tertiary/aromatic N) is 2. The van der Waals surface area contributed by atoms with Crippen LogP contribution in [0.1, 0.15) is 52.5 Å². The number of hydrogen-bond acceptors (Lipinski definition) is 3. The van der Waals surface area contributed by atoms with Crippen LogP contribution in [-0.2, 0) is 0 Å². The summed E-state index contributed by atoms with van der Waals surface area (Å²) in [6.07, 6.45) is 1.11. The molecule has 4 nitrogen and oxygen atoms in total. The van der Waals surface area contributed by atoms with Crippen LogP contribution in [0.15, 0.2) is 46.9 Å². The van der Waals surface area contributed by atoms with Crippen LogP contribution in [0.5, 0.6) is 0 Å². The molecular weight excluding hydrogens is 370 g/mol. The fourth-order valence-electron chi connectivity index (χ4n) is 5.06. The molecule has 0 amide bonds. The second-order valence-corrected chi connectivity index (χ2v) is 9.23. The molecular formula is C26H30N3O+. The van der Waals surface area contributed by atoms with E-state index in [0.29, 0.717) is 5.92 Å². The van der Waals surface area contributed by atoms with Crippen LogP contribution >= 0.6 is 0 Å². The summed E-state index contributed by atoms with van der Waals surface area (Å²) in [6.45, 7) is 13.2. The second kappa shape index (κ2) is 6.83. The maximum absolute atomic E-state index is 6.47. The number of benzene rings is 3. The highest BCUT2D eigenvalue weighted by Crippen LogP contribution is 2.41. The molecule has 0 saturated carbocycles. The molecule has 0 aliphatic carbocycles. The summed E-state index contributed by atoms with van der Waals surface area (Å²) in [4.78, 5) is 4.96. The van der Waals surface area contributed by atoms with Gasteiger partial charge in [-0.05, 0) is 69.2 Å². The van der Waals surface area contributed by atoms with Crippen molar-refractivity contribution >= 4 is 38.7 Å². The van der Waals surface area contributed by atoms with Crippen molar-refractivity contribution in [3.05, 3.63) is 53.4 Å². The highest BCUT2D eigenvalue weighted by molar-refractivity contribution is 6.04. The first-order valence-electron chi connectivity index (χ1n) is 11.1. The summed E-state index contributed by atoms with van der Waals surface area (Å²) in [5.74, 6) is 0.494. The molecule has 3 aromatic carbocycles. The highest BCUT2D eigenvalue weighted by atomic mass is 16.3. The quantitative estimate of drug-likeness (QED) is 0.269. The van der Waals surface area contributed by atoms with Gasteiger partial charge in [0, 0.05) is 34.8 Å². The summed E-state index contributed by atoms with van der Waals surface area (Å²) in [7, 11) is 0. The van der Waals surface area contributed by atoms with E-state index in [0.717, 1.165) is 47.1 Å². The largest absolute Gasteiger partial charge is 0.452 e. The zero-order chi connectivity index (χ0) is 21.0. The Morgan fingerprint density at radius 2 is 1.87 bits per heavy atom. The molecule has 1 unspecified atom stereocenters. The molecule has 2 heterocycles. The van der Waals surface area contributed by atoms with Crippen LogP contribution < -0.4 is 15.2 Å². The molecule has 1 aliphatic rings. The van der Waals surface area contributed by atoms with Crippen LogP contribution in [0, 0.1) is 0 Å². The first-order chi connectivity index (χ1) is 14.4. The van der Waals surface area contributed by atoms with E-state index in [9.17, 15) is 0 Å². The van der Waals surface area contributed by atoms with Crippen LogP contribution in [-0.4, -0.2) is 23.6 Å². The molecule has 0 spiro atoms. The highest BCUT2D eigenvalue weighted by Gasteiger charge is 2.29. The minimum absolute atomic E-state index is 0.0812. The Labute approximate surface area is 177 Å². The van der Waals surface area contributed by atoms with Gasteiger partial charge >= 0.3 is 0 Å². The Balaban J connectivity index is 1.75. The van der Waals surface area contributed by atoms with Crippen LogP contribution in [0.2, 0.25) is 0 Å². The van der Waals surface area contributed by atoms with Crippen LogP contribution in [0.4, 0.5) is 5.69 Å². The molecule has 0 fully saturated rings. The Morgan fingerprint density at radius 1 is 1.07 bits per heavy atom. The normalized spacial score (nSPS) is 17.8. The Hall–Kier alpha value is -2.88. The van der Waals surface area contributed by atoms with Gasteiger partial charge in [0.25, 0.3) is 0 Å². The molecule has 4 aromatic rings. The zero-order valence-corrected chi connectivity index (χ0v) is 18.5. The van der Waals surface area contributed by atoms with Crippen molar-refractivity contribution in [2.45, 2.75) is 52.5 Å². The SMILES string of the molecule is CC[N+](CC)=c1ccc2c(ccc3nc4cc5c(cc4oc32)NC(C)(C)CC5C)c1. The summed E-state index contributed by atoms with van der Waals surface area (Å²) in [5.41, 5.74) is 6.09. The second-order valence-electron chi connectivity index (χ2n) is 9.23. The number of rotatable bonds is 2. The maximum atomic E-state index is 6.47. The topological polar surface area (TPSA) is 41.1 Å². The van der Waals surface area contributed by atoms with E-state index in [4.69, 9.17) is 9.40 Å². The molecule has 5 rings (SSSR count). The van der Waals surface area contributed by atoms with Gasteiger partial charge in [-0.25, -0.2) is 9.56 Å². The summed E-state index contributed by atoms with van der Waals surface area (Å²) >= 11 is 0. The smallest absolute Gasteiger partial charge is 0.200 e. The standard InChI is InChI=1S/C26H29N3O/c1-6-29(7-2)18-9-10-19-17(12-18)8-11-21-25(19)30-24-14-22-20(13-23(24)27-21)16(3)15-26(4,5)28-22/h8-14,16H,6-7,15H2,1-5H3/p+1. The van der Waals surface area contributed by atoms with Gasteiger partial charge in [-0.1, -0.05) is 13.0 Å². The van der Waals surface area contributed by atoms with Crippen molar-refractivity contribution in [3.63, 3.8) is 0 Å². The Morgan fingerprint density at radius 3 is 2.63 bits per heavy atom. The van der Waals surface area contributed by atoms with Gasteiger partial charge in [0.1, 0.15) is 24.1 Å². The third kappa shape index (κ3) is 3.06. The molecule has 1 atom stereocenters. The minimum Gasteiger partial charge on any atom is -0.452 e. The van der Waals surface area contributed by atoms with Gasteiger partial charge < -0.3 is 9.73 Å². The zero-order valence-electron chi connectivity index (χ0n) is 18.5. The summed E-state index contributed by atoms with van der Waals surface area (Å²) in [6, 6.07) is 15.2. The van der Waals surface area contributed by atoms with Gasteiger partial charge in [0.05, 0.1) is 0 Å². The average molecular weight is 401 g/mol. The van der Waals surface area contributed by atoms with Crippen molar-refractivity contribution in [1.29, 1.82) is 0 Å². The van der Waals surface area contributed by atoms with E-state index in [-0.39, 0.29) is 5.54 Å². The minimum atomic E-state index is 0.0812. The van der Waals surface area contributed by atoms with E-state index < -0.39 is 0 Å². The first kappa shape index (κ1) is 19.1. The van der Waals surface area contributed by atoms with Crippen LogP contribution in [0.3, 0.4) is 0 Å². The molecule has 0 radical (unpaired) electrons. The number of aromatic nitrogens is 1. The summed E-state index contributed by atoms with van der Waals surface area (Å²) in [5, 5.41) is 7.22. The Kier molecular flexibility index (Phi) is 4.35. The maximum Gasteiger partial charge on any atom is 0.200 e.